The third-order valence-corrected chi connectivity index (χ3v) is 1.87. The Morgan fingerprint density at radius 3 is 2.80 bits per heavy atom. The van der Waals surface area contributed by atoms with Crippen LogP contribution in [-0.4, -0.2) is 30.5 Å². The molecular weight excluding hydrogens is 130 g/mol. The zero-order valence-corrected chi connectivity index (χ0v) is 6.12. The maximum atomic E-state index is 8.44. The Bertz CT molecular complexity index is 97.6. The zero-order valence-electron chi connectivity index (χ0n) is 6.12. The van der Waals surface area contributed by atoms with Crippen LogP contribution in [0.15, 0.2) is 0 Å². The summed E-state index contributed by atoms with van der Waals surface area (Å²) in [7, 11) is 0. The van der Waals surface area contributed by atoms with Crippen LogP contribution in [0.2, 0.25) is 0 Å². The maximum Gasteiger partial charge on any atom is 0.0701 e. The van der Waals surface area contributed by atoms with E-state index in [9.17, 15) is 0 Å². The summed E-state index contributed by atoms with van der Waals surface area (Å²) in [4.78, 5) is 0. The molecule has 1 aliphatic carbocycles. The van der Waals surface area contributed by atoms with E-state index in [0.29, 0.717) is 18.8 Å². The molecule has 2 atom stereocenters. The van der Waals surface area contributed by atoms with Gasteiger partial charge in [0.15, 0.2) is 0 Å². The minimum Gasteiger partial charge on any atom is -0.394 e. The molecule has 3 N–H and O–H groups in total. The van der Waals surface area contributed by atoms with Crippen molar-refractivity contribution in [3.05, 3.63) is 0 Å². The van der Waals surface area contributed by atoms with E-state index >= 15 is 0 Å². The van der Waals surface area contributed by atoms with Gasteiger partial charge in [0.1, 0.15) is 0 Å². The van der Waals surface area contributed by atoms with Crippen molar-refractivity contribution in [3.8, 4) is 0 Å². The molecule has 1 rings (SSSR count). The van der Waals surface area contributed by atoms with Gasteiger partial charge in [0.25, 0.3) is 0 Å². The highest BCUT2D eigenvalue weighted by Crippen LogP contribution is 2.19. The van der Waals surface area contributed by atoms with E-state index in [2.05, 4.69) is 0 Å². The fourth-order valence-corrected chi connectivity index (χ4v) is 1.34. The molecule has 10 heavy (non-hydrogen) atoms. The van der Waals surface area contributed by atoms with E-state index in [1.807, 2.05) is 0 Å². The Morgan fingerprint density at radius 2 is 2.30 bits per heavy atom. The Kier molecular flexibility index (Phi) is 3.12. The molecule has 3 nitrogen and oxygen atoms in total. The lowest BCUT2D eigenvalue weighted by molar-refractivity contribution is 0.0324. The molecule has 0 aromatic carbocycles. The largest absolute Gasteiger partial charge is 0.394 e. The molecule has 0 bridgehead atoms. The van der Waals surface area contributed by atoms with Crippen molar-refractivity contribution in [3.63, 3.8) is 0 Å². The third-order valence-electron chi connectivity index (χ3n) is 1.87. The Balaban J connectivity index is 2.06. The second-order valence-corrected chi connectivity index (χ2v) is 2.79. The first-order valence-corrected chi connectivity index (χ1v) is 3.81. The summed E-state index contributed by atoms with van der Waals surface area (Å²) in [5.74, 6) is 0. The van der Waals surface area contributed by atoms with E-state index in [-0.39, 0.29) is 6.61 Å². The van der Waals surface area contributed by atoms with Crippen LogP contribution in [0, 0.1) is 0 Å². The molecule has 0 saturated heterocycles. The molecule has 1 saturated carbocycles. The highest BCUT2D eigenvalue weighted by atomic mass is 16.5. The Labute approximate surface area is 61.2 Å². The number of hydrogen-bond acceptors (Lipinski definition) is 3. The number of hydrogen-bond donors (Lipinski definition) is 2. The van der Waals surface area contributed by atoms with E-state index < -0.39 is 0 Å². The standard InChI is InChI=1S/C7H15NO2/c8-6-1-2-7(5-6)10-4-3-9/h6-7,9H,1-5,8H2. The average molecular weight is 145 g/mol. The number of nitrogens with two attached hydrogens (primary N) is 1. The predicted molar refractivity (Wildman–Crippen MR) is 38.7 cm³/mol. The first-order valence-electron chi connectivity index (χ1n) is 3.81. The van der Waals surface area contributed by atoms with Gasteiger partial charge in [-0.15, -0.1) is 0 Å². The van der Waals surface area contributed by atoms with Gasteiger partial charge in [-0.3, -0.25) is 0 Å². The fraction of sp³-hybridized carbons (Fsp3) is 1.00. The van der Waals surface area contributed by atoms with E-state index in [1.54, 1.807) is 0 Å². The summed E-state index contributed by atoms with van der Waals surface area (Å²) in [6, 6.07) is 0.323. The minimum atomic E-state index is 0.117. The SMILES string of the molecule is NC1CCC(OCCO)C1. The minimum absolute atomic E-state index is 0.117. The van der Waals surface area contributed by atoms with Gasteiger partial charge in [-0.1, -0.05) is 0 Å². The number of aliphatic hydroxyl groups is 1. The predicted octanol–water partition coefficient (Wildman–Crippen LogP) is -0.125. The van der Waals surface area contributed by atoms with E-state index in [4.69, 9.17) is 15.6 Å². The quantitative estimate of drug-likeness (QED) is 0.582. The van der Waals surface area contributed by atoms with Gasteiger partial charge in [-0.25, -0.2) is 0 Å². The fourth-order valence-electron chi connectivity index (χ4n) is 1.34. The summed E-state index contributed by atoms with van der Waals surface area (Å²) in [6.07, 6.45) is 3.39. The first-order chi connectivity index (χ1) is 4.83. The van der Waals surface area contributed by atoms with Gasteiger partial charge >= 0.3 is 0 Å². The molecule has 3 heteroatoms. The van der Waals surface area contributed by atoms with Gasteiger partial charge < -0.3 is 15.6 Å². The number of ether oxygens (including phenoxy) is 1. The molecule has 0 heterocycles. The van der Waals surface area contributed by atoms with Crippen LogP contribution in [0.4, 0.5) is 0 Å². The van der Waals surface area contributed by atoms with Crippen molar-refractivity contribution in [1.82, 2.24) is 0 Å². The second kappa shape index (κ2) is 3.91. The van der Waals surface area contributed by atoms with Crippen molar-refractivity contribution in [2.45, 2.75) is 31.4 Å². The molecule has 0 aromatic heterocycles. The van der Waals surface area contributed by atoms with Gasteiger partial charge in [0.2, 0.25) is 0 Å². The summed E-state index contributed by atoms with van der Waals surface area (Å²) in [6.45, 7) is 0.573. The van der Waals surface area contributed by atoms with Gasteiger partial charge in [0.05, 0.1) is 19.3 Å². The average Bonchev–Trinajstić information content (AvgIpc) is 2.31. The van der Waals surface area contributed by atoms with Gasteiger partial charge in [-0.2, -0.15) is 0 Å². The Morgan fingerprint density at radius 1 is 1.50 bits per heavy atom. The molecule has 1 fully saturated rings. The molecule has 1 aliphatic rings. The first kappa shape index (κ1) is 7.98. The molecule has 2 unspecified atom stereocenters. The lowest BCUT2D eigenvalue weighted by atomic mass is 10.3. The lowest BCUT2D eigenvalue weighted by Gasteiger charge is -2.08. The highest BCUT2D eigenvalue weighted by Gasteiger charge is 2.21. The van der Waals surface area contributed by atoms with Gasteiger partial charge in [-0.05, 0) is 19.3 Å². The molecular formula is C7H15NO2. The van der Waals surface area contributed by atoms with Crippen molar-refractivity contribution >= 4 is 0 Å². The van der Waals surface area contributed by atoms with Crippen LogP contribution in [0.1, 0.15) is 19.3 Å². The van der Waals surface area contributed by atoms with Crippen LogP contribution >= 0.6 is 0 Å². The second-order valence-electron chi connectivity index (χ2n) is 2.79. The van der Waals surface area contributed by atoms with Crippen LogP contribution in [-0.2, 0) is 4.74 Å². The van der Waals surface area contributed by atoms with E-state index in [0.717, 1.165) is 19.3 Å². The highest BCUT2D eigenvalue weighted by molar-refractivity contribution is 4.77. The van der Waals surface area contributed by atoms with E-state index in [1.165, 1.54) is 0 Å². The summed E-state index contributed by atoms with van der Waals surface area (Å²) < 4.78 is 5.29. The summed E-state index contributed by atoms with van der Waals surface area (Å²) >= 11 is 0. The monoisotopic (exact) mass is 145 g/mol. The normalized spacial score (nSPS) is 33.0. The van der Waals surface area contributed by atoms with Crippen molar-refractivity contribution in [2.75, 3.05) is 13.2 Å². The summed E-state index contributed by atoms with van der Waals surface area (Å²) in [5.41, 5.74) is 5.65. The molecule has 0 aromatic rings. The van der Waals surface area contributed by atoms with Crippen LogP contribution in [0.25, 0.3) is 0 Å². The van der Waals surface area contributed by atoms with Crippen LogP contribution in [0.3, 0.4) is 0 Å². The lowest BCUT2D eigenvalue weighted by Crippen LogP contribution is -2.18. The molecule has 0 aliphatic heterocycles. The molecule has 60 valence electrons. The maximum absolute atomic E-state index is 8.44. The van der Waals surface area contributed by atoms with Crippen molar-refractivity contribution < 1.29 is 9.84 Å². The Hall–Kier alpha value is -0.120. The van der Waals surface area contributed by atoms with Crippen LogP contribution in [0.5, 0.6) is 0 Å². The smallest absolute Gasteiger partial charge is 0.0701 e. The van der Waals surface area contributed by atoms with Crippen molar-refractivity contribution in [1.29, 1.82) is 0 Å². The molecule has 0 amide bonds. The molecule has 0 radical (unpaired) electrons. The van der Waals surface area contributed by atoms with Gasteiger partial charge in [0, 0.05) is 6.04 Å². The number of aliphatic hydroxyl groups excluding tert-OH is 1. The molecule has 0 spiro atoms. The zero-order chi connectivity index (χ0) is 7.40. The topological polar surface area (TPSA) is 55.5 Å². The van der Waals surface area contributed by atoms with Crippen LogP contribution < -0.4 is 5.73 Å². The summed E-state index contributed by atoms with van der Waals surface area (Å²) in [5, 5.41) is 8.44. The third kappa shape index (κ3) is 2.25. The van der Waals surface area contributed by atoms with Crippen molar-refractivity contribution in [2.24, 2.45) is 5.73 Å². The number of rotatable bonds is 3.